The van der Waals surface area contributed by atoms with Crippen molar-refractivity contribution in [1.29, 1.82) is 0 Å². The fourth-order valence-electron chi connectivity index (χ4n) is 2.43. The lowest BCUT2D eigenvalue weighted by Crippen LogP contribution is -2.00. The van der Waals surface area contributed by atoms with Crippen LogP contribution in [0.1, 0.15) is 11.3 Å². The van der Waals surface area contributed by atoms with Gasteiger partial charge in [-0.25, -0.2) is 4.98 Å². The van der Waals surface area contributed by atoms with Crippen molar-refractivity contribution in [3.8, 4) is 5.75 Å². The molecule has 2 heterocycles. The van der Waals surface area contributed by atoms with E-state index in [1.807, 2.05) is 19.1 Å². The number of hydrogen-bond donors (Lipinski definition) is 1. The first-order chi connectivity index (χ1) is 12.0. The molecule has 1 N–H and O–H groups in total. The van der Waals surface area contributed by atoms with Gasteiger partial charge in [0.2, 0.25) is 0 Å². The molecule has 128 valence electrons. The van der Waals surface area contributed by atoms with Crippen molar-refractivity contribution in [2.75, 3.05) is 7.11 Å². The van der Waals surface area contributed by atoms with Gasteiger partial charge in [0, 0.05) is 6.20 Å². The summed E-state index contributed by atoms with van der Waals surface area (Å²) in [4.78, 5) is 15.5. The van der Waals surface area contributed by atoms with Crippen LogP contribution in [0, 0.1) is 6.92 Å². The average molecular weight is 359 g/mol. The van der Waals surface area contributed by atoms with E-state index in [1.165, 1.54) is 7.11 Å². The first-order valence-electron chi connectivity index (χ1n) is 7.43. The topological polar surface area (TPSA) is 88.5 Å². The van der Waals surface area contributed by atoms with E-state index in [2.05, 4.69) is 15.2 Å². The van der Waals surface area contributed by atoms with Crippen LogP contribution >= 0.6 is 11.6 Å². The molecule has 0 aliphatic rings. The van der Waals surface area contributed by atoms with Gasteiger partial charge in [0.1, 0.15) is 11.4 Å². The van der Waals surface area contributed by atoms with Crippen LogP contribution in [0.5, 0.6) is 5.75 Å². The number of halogens is 1. The summed E-state index contributed by atoms with van der Waals surface area (Å²) in [5, 5.41) is 17.9. The van der Waals surface area contributed by atoms with E-state index >= 15 is 0 Å². The van der Waals surface area contributed by atoms with Crippen molar-refractivity contribution in [2.45, 2.75) is 13.3 Å². The van der Waals surface area contributed by atoms with E-state index in [9.17, 15) is 4.79 Å². The minimum absolute atomic E-state index is 0.237. The van der Waals surface area contributed by atoms with Gasteiger partial charge < -0.3 is 9.84 Å². The Bertz CT molecular complexity index is 981. The molecule has 0 saturated heterocycles. The lowest BCUT2D eigenvalue weighted by Gasteiger charge is -2.02. The second kappa shape index (κ2) is 6.90. The quantitative estimate of drug-likeness (QED) is 0.687. The maximum absolute atomic E-state index is 11.1. The Morgan fingerprint density at radius 3 is 2.84 bits per heavy atom. The summed E-state index contributed by atoms with van der Waals surface area (Å²) in [6, 6.07) is 8.76. The Labute approximate surface area is 148 Å². The van der Waals surface area contributed by atoms with Gasteiger partial charge in [0.25, 0.3) is 0 Å². The number of pyridine rings is 1. The van der Waals surface area contributed by atoms with Crippen molar-refractivity contribution >= 4 is 34.7 Å². The molecule has 0 radical (unpaired) electrons. The summed E-state index contributed by atoms with van der Waals surface area (Å²) < 4.78 is 6.82. The molecule has 2 aromatic heterocycles. The Morgan fingerprint density at radius 1 is 1.36 bits per heavy atom. The maximum atomic E-state index is 11.1. The van der Waals surface area contributed by atoms with Crippen molar-refractivity contribution in [1.82, 2.24) is 9.38 Å². The summed E-state index contributed by atoms with van der Waals surface area (Å²) in [7, 11) is 1.53. The number of aryl methyl sites for hydroxylation is 1. The van der Waals surface area contributed by atoms with E-state index in [0.29, 0.717) is 33.6 Å². The molecule has 7 nitrogen and oxygen atoms in total. The minimum atomic E-state index is -0.981. The molecule has 0 saturated carbocycles. The number of hydrogen-bond acceptors (Lipinski definition) is 5. The molecule has 0 aliphatic heterocycles. The molecule has 0 atom stereocenters. The lowest BCUT2D eigenvalue weighted by atomic mass is 10.3. The molecule has 3 rings (SSSR count). The van der Waals surface area contributed by atoms with E-state index in [-0.39, 0.29) is 6.42 Å². The van der Waals surface area contributed by atoms with Crippen LogP contribution in [0.4, 0.5) is 11.5 Å². The number of carbonyl (C=O) groups is 1. The van der Waals surface area contributed by atoms with Gasteiger partial charge in [0.15, 0.2) is 5.82 Å². The van der Waals surface area contributed by atoms with E-state index < -0.39 is 5.97 Å². The molecule has 8 heteroatoms. The largest absolute Gasteiger partial charge is 0.495 e. The standard InChI is InChI=1S/C17H15ClN4O3/c1-10-4-3-7-22-16(10)19-13(9-15(23)24)17(22)21-20-11-5-6-14(25-2)12(18)8-11/h3-8H,9H2,1-2H3,(H,23,24). The SMILES string of the molecule is COc1ccc(N=Nc2c(CC(=O)O)nc3c(C)cccn23)cc1Cl. The van der Waals surface area contributed by atoms with Gasteiger partial charge in [-0.15, -0.1) is 10.2 Å². The van der Waals surface area contributed by atoms with Crippen LogP contribution in [-0.2, 0) is 11.2 Å². The van der Waals surface area contributed by atoms with E-state index in [4.69, 9.17) is 21.4 Å². The zero-order chi connectivity index (χ0) is 18.0. The maximum Gasteiger partial charge on any atom is 0.309 e. The van der Waals surface area contributed by atoms with Crippen LogP contribution in [0.25, 0.3) is 5.65 Å². The summed E-state index contributed by atoms with van der Waals surface area (Å²) >= 11 is 6.08. The number of fused-ring (bicyclic) bond motifs is 1. The predicted octanol–water partition coefficient (Wildman–Crippen LogP) is 4.35. The van der Waals surface area contributed by atoms with Crippen LogP contribution in [-0.4, -0.2) is 27.6 Å². The smallest absolute Gasteiger partial charge is 0.309 e. The normalized spacial score (nSPS) is 11.3. The third-order valence-electron chi connectivity index (χ3n) is 3.60. The molecule has 0 amide bonds. The van der Waals surface area contributed by atoms with Gasteiger partial charge in [-0.3, -0.25) is 9.20 Å². The number of azo groups is 1. The monoisotopic (exact) mass is 358 g/mol. The highest BCUT2D eigenvalue weighted by atomic mass is 35.5. The number of aliphatic carboxylic acids is 1. The molecule has 0 bridgehead atoms. The number of imidazole rings is 1. The first-order valence-corrected chi connectivity index (χ1v) is 7.81. The Balaban J connectivity index is 2.06. The second-order valence-corrected chi connectivity index (χ2v) is 5.76. The Kier molecular flexibility index (Phi) is 4.67. The molecule has 0 fully saturated rings. The zero-order valence-electron chi connectivity index (χ0n) is 13.6. The molecule has 1 aromatic carbocycles. The van der Waals surface area contributed by atoms with Crippen LogP contribution in [0.2, 0.25) is 5.02 Å². The predicted molar refractivity (Wildman–Crippen MR) is 93.4 cm³/mol. The summed E-state index contributed by atoms with van der Waals surface area (Å²) in [5.74, 6) is -0.0596. The number of carboxylic acid groups (broad SMARTS) is 1. The molecular formula is C17H15ClN4O3. The fraction of sp³-hybridized carbons (Fsp3) is 0.176. The number of methoxy groups -OCH3 is 1. The van der Waals surface area contributed by atoms with Crippen molar-refractivity contribution < 1.29 is 14.6 Å². The molecular weight excluding hydrogens is 344 g/mol. The Morgan fingerprint density at radius 2 is 2.16 bits per heavy atom. The van der Waals surface area contributed by atoms with E-state index in [1.54, 1.807) is 28.8 Å². The highest BCUT2D eigenvalue weighted by molar-refractivity contribution is 6.32. The number of benzene rings is 1. The molecule has 0 aliphatic carbocycles. The lowest BCUT2D eigenvalue weighted by molar-refractivity contribution is -0.136. The fourth-order valence-corrected chi connectivity index (χ4v) is 2.68. The zero-order valence-corrected chi connectivity index (χ0v) is 14.4. The highest BCUT2D eigenvalue weighted by Crippen LogP contribution is 2.30. The van der Waals surface area contributed by atoms with Crippen molar-refractivity contribution in [3.05, 3.63) is 52.8 Å². The van der Waals surface area contributed by atoms with Gasteiger partial charge in [0.05, 0.1) is 29.9 Å². The molecule has 3 aromatic rings. The van der Waals surface area contributed by atoms with Gasteiger partial charge in [-0.2, -0.15) is 0 Å². The number of rotatable bonds is 5. The third kappa shape index (κ3) is 3.46. The number of ether oxygens (including phenoxy) is 1. The summed E-state index contributed by atoms with van der Waals surface area (Å²) in [6.07, 6.45) is 1.54. The van der Waals surface area contributed by atoms with Crippen LogP contribution in [0.3, 0.4) is 0 Å². The van der Waals surface area contributed by atoms with Crippen LogP contribution in [0.15, 0.2) is 46.8 Å². The number of carboxylic acids is 1. The first kappa shape index (κ1) is 16.9. The highest BCUT2D eigenvalue weighted by Gasteiger charge is 2.16. The minimum Gasteiger partial charge on any atom is -0.495 e. The van der Waals surface area contributed by atoms with Gasteiger partial charge >= 0.3 is 5.97 Å². The number of nitrogens with zero attached hydrogens (tertiary/aromatic N) is 4. The van der Waals surface area contributed by atoms with Crippen molar-refractivity contribution in [2.24, 2.45) is 10.2 Å². The van der Waals surface area contributed by atoms with Crippen molar-refractivity contribution in [3.63, 3.8) is 0 Å². The third-order valence-corrected chi connectivity index (χ3v) is 3.90. The molecule has 25 heavy (non-hydrogen) atoms. The molecule has 0 unspecified atom stereocenters. The Hall–Kier alpha value is -2.93. The number of aromatic nitrogens is 2. The van der Waals surface area contributed by atoms with E-state index in [0.717, 1.165) is 5.56 Å². The molecule has 0 spiro atoms. The summed E-state index contributed by atoms with van der Waals surface area (Å²) in [6.45, 7) is 1.90. The summed E-state index contributed by atoms with van der Waals surface area (Å²) in [5.41, 5.74) is 2.45. The second-order valence-electron chi connectivity index (χ2n) is 5.36. The average Bonchev–Trinajstić information content (AvgIpc) is 2.91. The van der Waals surface area contributed by atoms with Gasteiger partial charge in [-0.05, 0) is 36.8 Å². The van der Waals surface area contributed by atoms with Gasteiger partial charge in [-0.1, -0.05) is 17.7 Å². The van der Waals surface area contributed by atoms with Crippen LogP contribution < -0.4 is 4.74 Å².